The number of epoxide rings is 1. The van der Waals surface area contributed by atoms with E-state index in [0.29, 0.717) is 6.61 Å². The van der Waals surface area contributed by atoms with Crippen LogP contribution < -0.4 is 5.73 Å². The van der Waals surface area contributed by atoms with Gasteiger partial charge in [-0.25, -0.2) is 0 Å². The van der Waals surface area contributed by atoms with Gasteiger partial charge in [-0.2, -0.15) is 0 Å². The molecule has 1 aliphatic heterocycles. The first-order valence-electron chi connectivity index (χ1n) is 1.80. The summed E-state index contributed by atoms with van der Waals surface area (Å²) >= 11 is 0. The average Bonchev–Trinajstić information content (AvgIpc) is 2.22. The predicted molar refractivity (Wildman–Crippen MR) is 20.0 cm³/mol. The zero-order chi connectivity index (χ0) is 4.62. The third kappa shape index (κ3) is 0.518. The lowest BCUT2D eigenvalue weighted by Crippen LogP contribution is -2.27. The van der Waals surface area contributed by atoms with Crippen LogP contribution in [0.15, 0.2) is 0 Å². The highest BCUT2D eigenvalue weighted by Crippen LogP contribution is 2.16. The molecule has 0 spiro atoms. The molecule has 0 bridgehead atoms. The molecule has 0 aliphatic carbocycles. The van der Waals surface area contributed by atoms with Gasteiger partial charge in [-0.3, -0.25) is 5.73 Å². The quantitative estimate of drug-likeness (QED) is 0.391. The lowest BCUT2D eigenvalue weighted by molar-refractivity contribution is 0.177. The van der Waals surface area contributed by atoms with Crippen LogP contribution in [-0.4, -0.2) is 24.0 Å². The monoisotopic (exact) mass is 89.0 g/mol. The molecule has 1 atom stereocenters. The standard InChI is InChI=1S/C3H7NO2/c4-3(1-5)2-6-3/h5H,1-2,4H2. The largest absolute Gasteiger partial charge is 0.392 e. The second-order valence-corrected chi connectivity index (χ2v) is 1.51. The van der Waals surface area contributed by atoms with E-state index in [2.05, 4.69) is 4.74 Å². The van der Waals surface area contributed by atoms with Crippen molar-refractivity contribution in [3.05, 3.63) is 0 Å². The molecule has 1 rings (SSSR count). The van der Waals surface area contributed by atoms with Crippen LogP contribution in [0.3, 0.4) is 0 Å². The minimum atomic E-state index is -0.653. The minimum absolute atomic E-state index is 0.0625. The smallest absolute Gasteiger partial charge is 0.163 e. The van der Waals surface area contributed by atoms with Crippen LogP contribution in [0.4, 0.5) is 0 Å². The molecule has 0 radical (unpaired) electrons. The summed E-state index contributed by atoms with van der Waals surface area (Å²) in [7, 11) is 0. The molecule has 1 saturated heterocycles. The Labute approximate surface area is 35.7 Å². The molecular formula is C3H7NO2. The van der Waals surface area contributed by atoms with Crippen LogP contribution in [0, 0.1) is 0 Å². The molecule has 1 fully saturated rings. The highest BCUT2D eigenvalue weighted by molar-refractivity contribution is 4.83. The second-order valence-electron chi connectivity index (χ2n) is 1.51. The Bertz CT molecular complexity index is 59.8. The van der Waals surface area contributed by atoms with Crippen molar-refractivity contribution in [2.75, 3.05) is 13.2 Å². The zero-order valence-corrected chi connectivity index (χ0v) is 3.35. The summed E-state index contributed by atoms with van der Waals surface area (Å²) in [5.74, 6) is 0. The molecule has 1 heterocycles. The molecule has 1 unspecified atom stereocenters. The topological polar surface area (TPSA) is 58.8 Å². The highest BCUT2D eigenvalue weighted by atomic mass is 16.6. The first-order valence-corrected chi connectivity index (χ1v) is 1.80. The summed E-state index contributed by atoms with van der Waals surface area (Å²) in [5.41, 5.74) is 4.52. The van der Waals surface area contributed by atoms with E-state index in [9.17, 15) is 0 Å². The Morgan fingerprint density at radius 1 is 2.00 bits per heavy atom. The number of aliphatic hydroxyl groups is 1. The van der Waals surface area contributed by atoms with Crippen LogP contribution in [-0.2, 0) is 4.74 Å². The number of nitrogens with two attached hydrogens (primary N) is 1. The van der Waals surface area contributed by atoms with E-state index in [1.165, 1.54) is 0 Å². The summed E-state index contributed by atoms with van der Waals surface area (Å²) in [6, 6.07) is 0. The molecule has 3 heteroatoms. The SMILES string of the molecule is NC1(CO)CO1. The van der Waals surface area contributed by atoms with Crippen molar-refractivity contribution in [1.82, 2.24) is 0 Å². The lowest BCUT2D eigenvalue weighted by atomic mass is 10.4. The van der Waals surface area contributed by atoms with Gasteiger partial charge >= 0.3 is 0 Å². The van der Waals surface area contributed by atoms with E-state index >= 15 is 0 Å². The Hall–Kier alpha value is -0.120. The van der Waals surface area contributed by atoms with Gasteiger partial charge in [-0.15, -0.1) is 0 Å². The Morgan fingerprint density at radius 3 is 2.50 bits per heavy atom. The van der Waals surface area contributed by atoms with Crippen LogP contribution in [0.2, 0.25) is 0 Å². The number of hydrogen-bond donors (Lipinski definition) is 2. The van der Waals surface area contributed by atoms with Crippen molar-refractivity contribution in [2.45, 2.75) is 5.72 Å². The van der Waals surface area contributed by atoms with Crippen LogP contribution >= 0.6 is 0 Å². The van der Waals surface area contributed by atoms with Gasteiger partial charge in [-0.05, 0) is 0 Å². The minimum Gasteiger partial charge on any atom is -0.392 e. The molecule has 0 aromatic rings. The van der Waals surface area contributed by atoms with Gasteiger partial charge in [0, 0.05) is 0 Å². The van der Waals surface area contributed by atoms with Crippen molar-refractivity contribution in [1.29, 1.82) is 0 Å². The predicted octanol–water partition coefficient (Wildman–Crippen LogP) is -1.34. The molecule has 0 saturated carbocycles. The van der Waals surface area contributed by atoms with E-state index in [4.69, 9.17) is 10.8 Å². The molecule has 3 N–H and O–H groups in total. The van der Waals surface area contributed by atoms with Crippen LogP contribution in [0.25, 0.3) is 0 Å². The van der Waals surface area contributed by atoms with E-state index < -0.39 is 5.72 Å². The third-order valence-electron chi connectivity index (χ3n) is 0.783. The zero-order valence-electron chi connectivity index (χ0n) is 3.35. The third-order valence-corrected chi connectivity index (χ3v) is 0.783. The van der Waals surface area contributed by atoms with Crippen LogP contribution in [0.5, 0.6) is 0 Å². The molecule has 0 aromatic carbocycles. The second kappa shape index (κ2) is 0.932. The summed E-state index contributed by atoms with van der Waals surface area (Å²) in [6.07, 6.45) is 0. The first kappa shape index (κ1) is 4.05. The Kier molecular flexibility index (Phi) is 0.629. The maximum Gasteiger partial charge on any atom is 0.163 e. The summed E-state index contributed by atoms with van der Waals surface area (Å²) in [5, 5.41) is 8.22. The van der Waals surface area contributed by atoms with E-state index in [0.717, 1.165) is 0 Å². The number of hydrogen-bond acceptors (Lipinski definition) is 3. The summed E-state index contributed by atoms with van der Waals surface area (Å²) in [4.78, 5) is 0. The van der Waals surface area contributed by atoms with Crippen molar-refractivity contribution in [3.8, 4) is 0 Å². The maximum atomic E-state index is 8.22. The van der Waals surface area contributed by atoms with Crippen molar-refractivity contribution < 1.29 is 9.84 Å². The molecule has 3 nitrogen and oxygen atoms in total. The van der Waals surface area contributed by atoms with Crippen molar-refractivity contribution >= 4 is 0 Å². The van der Waals surface area contributed by atoms with Crippen molar-refractivity contribution in [3.63, 3.8) is 0 Å². The summed E-state index contributed by atoms with van der Waals surface area (Å²) in [6.45, 7) is 0.441. The average molecular weight is 89.1 g/mol. The normalized spacial score (nSPS) is 43.0. The molecule has 6 heavy (non-hydrogen) atoms. The summed E-state index contributed by atoms with van der Waals surface area (Å²) < 4.78 is 4.57. The maximum absolute atomic E-state index is 8.22. The van der Waals surface area contributed by atoms with E-state index in [1.807, 2.05) is 0 Å². The van der Waals surface area contributed by atoms with Gasteiger partial charge < -0.3 is 9.84 Å². The number of rotatable bonds is 1. The van der Waals surface area contributed by atoms with Gasteiger partial charge in [0.1, 0.15) is 0 Å². The van der Waals surface area contributed by atoms with Gasteiger partial charge in [0.2, 0.25) is 0 Å². The van der Waals surface area contributed by atoms with Gasteiger partial charge in [0.15, 0.2) is 5.72 Å². The molecule has 36 valence electrons. The molecular weight excluding hydrogens is 82.0 g/mol. The lowest BCUT2D eigenvalue weighted by Gasteiger charge is -1.92. The first-order chi connectivity index (χ1) is 2.77. The molecule has 1 aliphatic rings. The highest BCUT2D eigenvalue weighted by Gasteiger charge is 2.39. The molecule has 0 amide bonds. The van der Waals surface area contributed by atoms with E-state index in [-0.39, 0.29) is 6.61 Å². The Morgan fingerprint density at radius 2 is 2.50 bits per heavy atom. The van der Waals surface area contributed by atoms with Gasteiger partial charge in [0.05, 0.1) is 13.2 Å². The fraction of sp³-hybridized carbons (Fsp3) is 1.00. The number of ether oxygens (including phenoxy) is 1. The fourth-order valence-corrected chi connectivity index (χ4v) is 0.184. The van der Waals surface area contributed by atoms with Gasteiger partial charge in [0.25, 0.3) is 0 Å². The van der Waals surface area contributed by atoms with Gasteiger partial charge in [-0.1, -0.05) is 0 Å². The van der Waals surface area contributed by atoms with E-state index in [1.54, 1.807) is 0 Å². The van der Waals surface area contributed by atoms with Crippen LogP contribution in [0.1, 0.15) is 0 Å². The fourth-order valence-electron chi connectivity index (χ4n) is 0.184. The van der Waals surface area contributed by atoms with Crippen molar-refractivity contribution in [2.24, 2.45) is 5.73 Å². The molecule has 0 aromatic heterocycles. The Balaban J connectivity index is 2.28. The number of aliphatic hydroxyl groups excluding tert-OH is 1.